The van der Waals surface area contributed by atoms with Gasteiger partial charge in [0.2, 0.25) is 0 Å². The number of aliphatic imine (C=N–C) groups is 1. The molecule has 0 bridgehead atoms. The summed E-state index contributed by atoms with van der Waals surface area (Å²) in [4.78, 5) is 6.98. The van der Waals surface area contributed by atoms with Crippen LogP contribution in [-0.2, 0) is 4.74 Å². The largest absolute Gasteiger partial charge is 0.465 e. The van der Waals surface area contributed by atoms with Crippen molar-refractivity contribution in [2.45, 2.75) is 59.0 Å². The minimum absolute atomic E-state index is 0.101. The van der Waals surface area contributed by atoms with Crippen LogP contribution in [-0.4, -0.2) is 49.7 Å². The average Bonchev–Trinajstić information content (AvgIpc) is 3.02. The van der Waals surface area contributed by atoms with Crippen molar-refractivity contribution in [3.8, 4) is 0 Å². The fourth-order valence-electron chi connectivity index (χ4n) is 3.29. The normalized spacial score (nSPS) is 18.9. The highest BCUT2D eigenvalue weighted by molar-refractivity contribution is 5.78. The second-order valence-corrected chi connectivity index (χ2v) is 7.71. The molecule has 0 spiro atoms. The van der Waals surface area contributed by atoms with Gasteiger partial charge in [0, 0.05) is 19.1 Å². The second kappa shape index (κ2) is 10.6. The van der Waals surface area contributed by atoms with Gasteiger partial charge < -0.3 is 20.2 Å². The van der Waals surface area contributed by atoms with Gasteiger partial charge in [-0.25, -0.2) is 0 Å². The van der Waals surface area contributed by atoms with Crippen LogP contribution in [0, 0.1) is 12.8 Å². The van der Waals surface area contributed by atoms with E-state index in [-0.39, 0.29) is 6.04 Å². The number of ether oxygens (including phenoxy) is 1. The van der Waals surface area contributed by atoms with Crippen molar-refractivity contribution in [3.63, 3.8) is 0 Å². The fourth-order valence-corrected chi connectivity index (χ4v) is 3.29. The predicted molar refractivity (Wildman–Crippen MR) is 106 cm³/mol. The van der Waals surface area contributed by atoms with Gasteiger partial charge in [0.05, 0.1) is 25.8 Å². The van der Waals surface area contributed by atoms with Gasteiger partial charge in [-0.3, -0.25) is 9.89 Å². The van der Waals surface area contributed by atoms with Crippen LogP contribution in [0.4, 0.5) is 0 Å². The molecule has 1 aliphatic rings. The van der Waals surface area contributed by atoms with Crippen LogP contribution in [0.5, 0.6) is 0 Å². The molecule has 2 rings (SSSR count). The van der Waals surface area contributed by atoms with Crippen molar-refractivity contribution in [2.24, 2.45) is 16.6 Å². The molecule has 0 amide bonds. The number of nitrogens with zero attached hydrogens (tertiary/aromatic N) is 2. The standard InChI is InChI=1S/C20H36N4O2/c1-15(2)6-5-7-16(3)23-20(21)22-14-18(19-9-8-17(4)26-19)24-10-12-25-13-11-24/h8-9,15-16,18H,5-7,10-14H2,1-4H3,(H3,21,22,23). The van der Waals surface area contributed by atoms with E-state index in [4.69, 9.17) is 14.9 Å². The van der Waals surface area contributed by atoms with Crippen molar-refractivity contribution in [1.82, 2.24) is 10.2 Å². The molecular formula is C20H36N4O2. The van der Waals surface area contributed by atoms with E-state index in [1.54, 1.807) is 0 Å². The first-order valence-corrected chi connectivity index (χ1v) is 9.90. The molecule has 0 aromatic carbocycles. The number of hydrogen-bond acceptors (Lipinski definition) is 4. The average molecular weight is 365 g/mol. The third kappa shape index (κ3) is 7.00. The van der Waals surface area contributed by atoms with Crippen molar-refractivity contribution < 1.29 is 9.15 Å². The first-order chi connectivity index (χ1) is 12.5. The molecular weight excluding hydrogens is 328 g/mol. The Labute approximate surface area is 158 Å². The Morgan fingerprint density at radius 2 is 1.96 bits per heavy atom. The number of furan rings is 1. The monoisotopic (exact) mass is 364 g/mol. The summed E-state index contributed by atoms with van der Waals surface area (Å²) in [6, 6.07) is 4.49. The van der Waals surface area contributed by atoms with Gasteiger partial charge in [-0.05, 0) is 38.3 Å². The first kappa shape index (κ1) is 20.8. The smallest absolute Gasteiger partial charge is 0.188 e. The van der Waals surface area contributed by atoms with Crippen molar-refractivity contribution >= 4 is 5.96 Å². The van der Waals surface area contributed by atoms with E-state index >= 15 is 0 Å². The second-order valence-electron chi connectivity index (χ2n) is 7.71. The Balaban J connectivity index is 1.91. The van der Waals surface area contributed by atoms with Crippen LogP contribution in [0.1, 0.15) is 57.6 Å². The quantitative estimate of drug-likeness (QED) is 0.520. The summed E-state index contributed by atoms with van der Waals surface area (Å²) in [5, 5.41) is 3.32. The third-order valence-electron chi connectivity index (χ3n) is 4.82. The summed E-state index contributed by atoms with van der Waals surface area (Å²) < 4.78 is 11.4. The summed E-state index contributed by atoms with van der Waals surface area (Å²) in [6.45, 7) is 12.5. The van der Waals surface area contributed by atoms with Crippen molar-refractivity contribution in [2.75, 3.05) is 32.8 Å². The van der Waals surface area contributed by atoms with Crippen LogP contribution in [0.3, 0.4) is 0 Å². The summed E-state index contributed by atoms with van der Waals surface area (Å²) >= 11 is 0. The molecule has 0 saturated carbocycles. The van der Waals surface area contributed by atoms with Crippen LogP contribution in [0.15, 0.2) is 21.5 Å². The van der Waals surface area contributed by atoms with Crippen LogP contribution < -0.4 is 11.1 Å². The molecule has 2 heterocycles. The van der Waals surface area contributed by atoms with Crippen molar-refractivity contribution in [3.05, 3.63) is 23.7 Å². The lowest BCUT2D eigenvalue weighted by Gasteiger charge is -2.32. The number of rotatable bonds is 9. The molecule has 3 N–H and O–H groups in total. The Morgan fingerprint density at radius 3 is 2.58 bits per heavy atom. The Hall–Kier alpha value is -1.53. The van der Waals surface area contributed by atoms with Crippen LogP contribution >= 0.6 is 0 Å². The lowest BCUT2D eigenvalue weighted by Crippen LogP contribution is -2.42. The molecule has 2 unspecified atom stereocenters. The molecule has 6 nitrogen and oxygen atoms in total. The number of aryl methyl sites for hydroxylation is 1. The summed E-state index contributed by atoms with van der Waals surface area (Å²) in [5.41, 5.74) is 6.13. The van der Waals surface area contributed by atoms with Gasteiger partial charge in [-0.2, -0.15) is 0 Å². The number of nitrogens with one attached hydrogen (secondary N) is 1. The van der Waals surface area contributed by atoms with Crippen LogP contribution in [0.2, 0.25) is 0 Å². The van der Waals surface area contributed by atoms with E-state index in [0.717, 1.165) is 50.2 Å². The SMILES string of the molecule is Cc1ccc(C(CN=C(N)NC(C)CCCC(C)C)N2CCOCC2)o1. The van der Waals surface area contributed by atoms with Gasteiger partial charge in [-0.15, -0.1) is 0 Å². The zero-order valence-corrected chi connectivity index (χ0v) is 16.8. The molecule has 1 aromatic heterocycles. The van der Waals surface area contributed by atoms with Crippen LogP contribution in [0.25, 0.3) is 0 Å². The highest BCUT2D eigenvalue weighted by atomic mass is 16.5. The molecule has 0 radical (unpaired) electrons. The minimum Gasteiger partial charge on any atom is -0.465 e. The lowest BCUT2D eigenvalue weighted by atomic mass is 10.0. The molecule has 1 fully saturated rings. The van der Waals surface area contributed by atoms with Gasteiger partial charge in [-0.1, -0.05) is 26.7 Å². The topological polar surface area (TPSA) is 76.0 Å². The fraction of sp³-hybridized carbons (Fsp3) is 0.750. The molecule has 1 saturated heterocycles. The summed E-state index contributed by atoms with van der Waals surface area (Å²) in [7, 11) is 0. The number of nitrogens with two attached hydrogens (primary N) is 1. The maximum Gasteiger partial charge on any atom is 0.188 e. The number of morpholine rings is 1. The lowest BCUT2D eigenvalue weighted by molar-refractivity contribution is 0.0135. The number of guanidine groups is 1. The molecule has 0 aliphatic carbocycles. The minimum atomic E-state index is 0.101. The van der Waals surface area contributed by atoms with Gasteiger partial charge in [0.15, 0.2) is 5.96 Å². The van der Waals surface area contributed by atoms with E-state index in [2.05, 4.69) is 36.0 Å². The highest BCUT2D eigenvalue weighted by Gasteiger charge is 2.25. The highest BCUT2D eigenvalue weighted by Crippen LogP contribution is 2.24. The Kier molecular flexibility index (Phi) is 8.45. The molecule has 6 heteroatoms. The maximum absolute atomic E-state index is 6.13. The summed E-state index contributed by atoms with van der Waals surface area (Å²) in [6.07, 6.45) is 3.57. The molecule has 1 aromatic rings. The van der Waals surface area contributed by atoms with E-state index in [1.807, 2.05) is 19.1 Å². The van der Waals surface area contributed by atoms with E-state index < -0.39 is 0 Å². The molecule has 1 aliphatic heterocycles. The Bertz CT molecular complexity index is 550. The molecule has 2 atom stereocenters. The zero-order chi connectivity index (χ0) is 18.9. The molecule has 26 heavy (non-hydrogen) atoms. The predicted octanol–water partition coefficient (Wildman–Crippen LogP) is 3.08. The summed E-state index contributed by atoms with van der Waals surface area (Å²) in [5.74, 6) is 3.14. The van der Waals surface area contributed by atoms with Gasteiger partial charge >= 0.3 is 0 Å². The van der Waals surface area contributed by atoms with Gasteiger partial charge in [0.25, 0.3) is 0 Å². The third-order valence-corrected chi connectivity index (χ3v) is 4.82. The first-order valence-electron chi connectivity index (χ1n) is 9.90. The molecule has 148 valence electrons. The zero-order valence-electron chi connectivity index (χ0n) is 16.8. The van der Waals surface area contributed by atoms with Gasteiger partial charge in [0.1, 0.15) is 11.5 Å². The Morgan fingerprint density at radius 1 is 1.23 bits per heavy atom. The van der Waals surface area contributed by atoms with E-state index in [0.29, 0.717) is 18.5 Å². The van der Waals surface area contributed by atoms with Crippen molar-refractivity contribution in [1.29, 1.82) is 0 Å². The van der Waals surface area contributed by atoms with E-state index in [1.165, 1.54) is 12.8 Å². The van der Waals surface area contributed by atoms with E-state index in [9.17, 15) is 0 Å². The number of hydrogen-bond donors (Lipinski definition) is 2. The maximum atomic E-state index is 6.13.